The lowest BCUT2D eigenvalue weighted by molar-refractivity contribution is -0.135. The van der Waals surface area contributed by atoms with Crippen LogP contribution in [0.3, 0.4) is 0 Å². The van der Waals surface area contributed by atoms with E-state index in [-0.39, 0.29) is 23.6 Å². The molecule has 7 nitrogen and oxygen atoms in total. The Hall–Kier alpha value is -3.35. The van der Waals surface area contributed by atoms with Gasteiger partial charge in [0.2, 0.25) is 5.91 Å². The van der Waals surface area contributed by atoms with Crippen LogP contribution in [-0.2, 0) is 4.79 Å². The molecule has 0 spiro atoms. The molecule has 0 bridgehead atoms. The smallest absolute Gasteiger partial charge is 0.254 e. The van der Waals surface area contributed by atoms with E-state index in [1.807, 2.05) is 39.0 Å². The second kappa shape index (κ2) is 10.3. The maximum atomic E-state index is 13.2. The van der Waals surface area contributed by atoms with Crippen molar-refractivity contribution in [3.8, 4) is 5.75 Å². The lowest BCUT2D eigenvalue weighted by atomic mass is 10.0. The van der Waals surface area contributed by atoms with Crippen LogP contribution < -0.4 is 10.1 Å². The van der Waals surface area contributed by atoms with Crippen molar-refractivity contribution in [3.63, 3.8) is 0 Å². The molecule has 1 aliphatic heterocycles. The second-order valence-electron chi connectivity index (χ2n) is 8.36. The van der Waals surface area contributed by atoms with Gasteiger partial charge in [0.15, 0.2) is 0 Å². The molecule has 1 N–H and O–H groups in total. The SMILES string of the molecule is COc1cccc(C(=O)N2CCN(C(=O)C(NC(=O)c3ccccc3C)C(C)C)CC2)c1. The molecule has 7 heteroatoms. The van der Waals surface area contributed by atoms with Gasteiger partial charge in [0.1, 0.15) is 11.8 Å². The fourth-order valence-electron chi connectivity index (χ4n) is 3.83. The van der Waals surface area contributed by atoms with E-state index < -0.39 is 6.04 Å². The number of aryl methyl sites for hydroxylation is 1. The van der Waals surface area contributed by atoms with Crippen molar-refractivity contribution < 1.29 is 19.1 Å². The number of carbonyl (C=O) groups is 3. The summed E-state index contributed by atoms with van der Waals surface area (Å²) in [5, 5.41) is 2.92. The van der Waals surface area contributed by atoms with E-state index in [1.54, 1.807) is 47.2 Å². The maximum absolute atomic E-state index is 13.2. The largest absolute Gasteiger partial charge is 0.497 e. The van der Waals surface area contributed by atoms with Crippen LogP contribution in [0, 0.1) is 12.8 Å². The summed E-state index contributed by atoms with van der Waals surface area (Å²) in [7, 11) is 1.57. The number of benzene rings is 2. The Morgan fingerprint density at radius 1 is 0.938 bits per heavy atom. The first-order chi connectivity index (χ1) is 15.3. The Morgan fingerprint density at radius 2 is 1.59 bits per heavy atom. The van der Waals surface area contributed by atoms with Gasteiger partial charge in [-0.25, -0.2) is 0 Å². The highest BCUT2D eigenvalue weighted by atomic mass is 16.5. The Balaban J connectivity index is 1.62. The lowest BCUT2D eigenvalue weighted by Gasteiger charge is -2.37. The van der Waals surface area contributed by atoms with Gasteiger partial charge < -0.3 is 19.9 Å². The summed E-state index contributed by atoms with van der Waals surface area (Å²) in [4.78, 5) is 42.3. The topological polar surface area (TPSA) is 79.0 Å². The number of methoxy groups -OCH3 is 1. The van der Waals surface area contributed by atoms with Crippen LogP contribution in [0.5, 0.6) is 5.75 Å². The molecule has 3 rings (SSSR count). The zero-order chi connectivity index (χ0) is 23.3. The fourth-order valence-corrected chi connectivity index (χ4v) is 3.83. The molecule has 1 unspecified atom stereocenters. The molecule has 0 radical (unpaired) electrons. The molecule has 0 saturated carbocycles. The number of nitrogens with one attached hydrogen (secondary N) is 1. The molecule has 0 aliphatic carbocycles. The van der Waals surface area contributed by atoms with Crippen molar-refractivity contribution in [2.45, 2.75) is 26.8 Å². The summed E-state index contributed by atoms with van der Waals surface area (Å²) in [5.74, 6) is 0.127. The summed E-state index contributed by atoms with van der Waals surface area (Å²) < 4.78 is 5.20. The van der Waals surface area contributed by atoms with E-state index in [9.17, 15) is 14.4 Å². The highest BCUT2D eigenvalue weighted by Crippen LogP contribution is 2.17. The van der Waals surface area contributed by atoms with E-state index in [2.05, 4.69) is 5.32 Å². The van der Waals surface area contributed by atoms with Crippen molar-refractivity contribution in [1.82, 2.24) is 15.1 Å². The summed E-state index contributed by atoms with van der Waals surface area (Å²) in [6.45, 7) is 7.46. The average Bonchev–Trinajstić information content (AvgIpc) is 2.81. The number of amides is 3. The number of carbonyl (C=O) groups excluding carboxylic acids is 3. The molecule has 2 aromatic carbocycles. The molecule has 1 fully saturated rings. The predicted molar refractivity (Wildman–Crippen MR) is 123 cm³/mol. The van der Waals surface area contributed by atoms with Gasteiger partial charge in [-0.15, -0.1) is 0 Å². The highest BCUT2D eigenvalue weighted by Gasteiger charge is 2.32. The number of hydrogen-bond acceptors (Lipinski definition) is 4. The van der Waals surface area contributed by atoms with Crippen molar-refractivity contribution in [3.05, 3.63) is 65.2 Å². The first kappa shape index (κ1) is 23.3. The normalized spacial score (nSPS) is 14.8. The van der Waals surface area contributed by atoms with Gasteiger partial charge in [0.25, 0.3) is 11.8 Å². The average molecular weight is 438 g/mol. The Bertz CT molecular complexity index is 981. The van der Waals surface area contributed by atoms with Crippen LogP contribution in [-0.4, -0.2) is 66.9 Å². The number of piperazine rings is 1. The summed E-state index contributed by atoms with van der Waals surface area (Å²) in [5.41, 5.74) is 2.00. The van der Waals surface area contributed by atoms with Crippen LogP contribution in [0.25, 0.3) is 0 Å². The van der Waals surface area contributed by atoms with Crippen molar-refractivity contribution in [1.29, 1.82) is 0 Å². The quantitative estimate of drug-likeness (QED) is 0.754. The minimum atomic E-state index is -0.622. The monoisotopic (exact) mass is 437 g/mol. The molecular formula is C25H31N3O4. The van der Waals surface area contributed by atoms with Gasteiger partial charge in [-0.2, -0.15) is 0 Å². The predicted octanol–water partition coefficient (Wildman–Crippen LogP) is 2.74. The minimum absolute atomic E-state index is 0.0630. The van der Waals surface area contributed by atoms with Gasteiger partial charge in [0.05, 0.1) is 7.11 Å². The molecule has 2 aromatic rings. The van der Waals surface area contributed by atoms with Crippen LogP contribution in [0.4, 0.5) is 0 Å². The third-order valence-corrected chi connectivity index (χ3v) is 5.80. The van der Waals surface area contributed by atoms with E-state index in [0.29, 0.717) is 43.1 Å². The van der Waals surface area contributed by atoms with Gasteiger partial charge in [-0.1, -0.05) is 38.1 Å². The third kappa shape index (κ3) is 5.28. The van der Waals surface area contributed by atoms with Gasteiger partial charge in [-0.05, 0) is 42.7 Å². The second-order valence-corrected chi connectivity index (χ2v) is 8.36. The standard InChI is InChI=1S/C25H31N3O4/c1-17(2)22(26-23(29)21-11-6-5-8-18(21)3)25(31)28-14-12-27(13-15-28)24(30)19-9-7-10-20(16-19)32-4/h5-11,16-17,22H,12-15H2,1-4H3,(H,26,29). The summed E-state index contributed by atoms with van der Waals surface area (Å²) in [6, 6.07) is 13.8. The summed E-state index contributed by atoms with van der Waals surface area (Å²) in [6.07, 6.45) is 0. The van der Waals surface area contributed by atoms with E-state index in [0.717, 1.165) is 5.56 Å². The number of rotatable bonds is 6. The molecule has 32 heavy (non-hydrogen) atoms. The molecule has 0 aromatic heterocycles. The first-order valence-corrected chi connectivity index (χ1v) is 10.9. The van der Waals surface area contributed by atoms with Gasteiger partial charge >= 0.3 is 0 Å². The van der Waals surface area contributed by atoms with Crippen LogP contribution in [0.2, 0.25) is 0 Å². The Morgan fingerprint density at radius 3 is 2.22 bits per heavy atom. The fraction of sp³-hybridized carbons (Fsp3) is 0.400. The number of nitrogens with zero attached hydrogens (tertiary/aromatic N) is 2. The van der Waals surface area contributed by atoms with Crippen molar-refractivity contribution in [2.24, 2.45) is 5.92 Å². The lowest BCUT2D eigenvalue weighted by Crippen LogP contribution is -2.57. The van der Waals surface area contributed by atoms with E-state index in [1.165, 1.54) is 0 Å². The van der Waals surface area contributed by atoms with Gasteiger partial charge in [-0.3, -0.25) is 14.4 Å². The number of ether oxygens (including phenoxy) is 1. The summed E-state index contributed by atoms with van der Waals surface area (Å²) >= 11 is 0. The Labute approximate surface area is 189 Å². The zero-order valence-corrected chi connectivity index (χ0v) is 19.1. The molecular weight excluding hydrogens is 406 g/mol. The van der Waals surface area contributed by atoms with Crippen LogP contribution >= 0.6 is 0 Å². The first-order valence-electron chi connectivity index (χ1n) is 10.9. The van der Waals surface area contributed by atoms with E-state index in [4.69, 9.17) is 4.74 Å². The third-order valence-electron chi connectivity index (χ3n) is 5.80. The zero-order valence-electron chi connectivity index (χ0n) is 19.1. The van der Waals surface area contributed by atoms with E-state index >= 15 is 0 Å². The van der Waals surface area contributed by atoms with Crippen LogP contribution in [0.15, 0.2) is 48.5 Å². The Kier molecular flexibility index (Phi) is 7.51. The molecule has 1 aliphatic rings. The van der Waals surface area contributed by atoms with Crippen molar-refractivity contribution >= 4 is 17.7 Å². The number of hydrogen-bond donors (Lipinski definition) is 1. The molecule has 170 valence electrons. The molecule has 3 amide bonds. The highest BCUT2D eigenvalue weighted by molar-refractivity contribution is 5.99. The maximum Gasteiger partial charge on any atom is 0.254 e. The van der Waals surface area contributed by atoms with Crippen LogP contribution in [0.1, 0.15) is 40.1 Å². The molecule has 1 saturated heterocycles. The minimum Gasteiger partial charge on any atom is -0.497 e. The van der Waals surface area contributed by atoms with Gasteiger partial charge in [0, 0.05) is 37.3 Å². The molecule has 1 atom stereocenters. The molecule has 1 heterocycles. The van der Waals surface area contributed by atoms with Crippen molar-refractivity contribution in [2.75, 3.05) is 33.3 Å².